The molecule has 27 heavy (non-hydrogen) atoms. The predicted octanol–water partition coefficient (Wildman–Crippen LogP) is 3.05. The van der Waals surface area contributed by atoms with Crippen LogP contribution in [0.4, 0.5) is 17.1 Å². The Labute approximate surface area is 155 Å². The highest BCUT2D eigenvalue weighted by Gasteiger charge is 2.30. The average molecular weight is 369 g/mol. The normalized spacial score (nSPS) is 16.1. The van der Waals surface area contributed by atoms with Crippen molar-refractivity contribution in [3.63, 3.8) is 0 Å². The first-order chi connectivity index (χ1) is 12.9. The highest BCUT2D eigenvalue weighted by atomic mass is 16.6. The molecule has 0 unspecified atom stereocenters. The fourth-order valence-corrected chi connectivity index (χ4v) is 3.13. The van der Waals surface area contributed by atoms with Gasteiger partial charge in [0, 0.05) is 18.5 Å². The Kier molecular flexibility index (Phi) is 5.07. The van der Waals surface area contributed by atoms with Gasteiger partial charge in [0.15, 0.2) is 6.61 Å². The molecule has 1 aliphatic heterocycles. The molecule has 0 radical (unpaired) electrons. The molecule has 140 valence electrons. The van der Waals surface area contributed by atoms with Gasteiger partial charge in [-0.1, -0.05) is 18.2 Å². The summed E-state index contributed by atoms with van der Waals surface area (Å²) in [7, 11) is 0. The number of anilines is 2. The maximum Gasteiger partial charge on any atom is 0.276 e. The van der Waals surface area contributed by atoms with E-state index in [4.69, 9.17) is 4.74 Å². The summed E-state index contributed by atoms with van der Waals surface area (Å²) in [5.41, 5.74) is 1.45. The van der Waals surface area contributed by atoms with Gasteiger partial charge >= 0.3 is 0 Å². The van der Waals surface area contributed by atoms with Gasteiger partial charge in [-0.15, -0.1) is 0 Å². The number of amides is 2. The minimum atomic E-state index is -0.492. The van der Waals surface area contributed by atoms with E-state index in [0.29, 0.717) is 16.9 Å². The number of nitrogens with one attached hydrogen (secondary N) is 1. The molecule has 1 N–H and O–H groups in total. The van der Waals surface area contributed by atoms with Crippen molar-refractivity contribution in [2.45, 2.75) is 26.3 Å². The first kappa shape index (κ1) is 18.4. The molecule has 0 aliphatic carbocycles. The standard InChI is InChI=1S/C19H19N3O5/c1-12-10-18(23)20-14-6-3-4-7-16(14)21(12)19(24)11-27-17-9-5-8-15(13(17)2)22(25)26/h3-9,12H,10-11H2,1-2H3,(H,20,23)/t12-/m1/s1. The number of fused-ring (bicyclic) bond motifs is 1. The second-order valence-corrected chi connectivity index (χ2v) is 6.33. The number of nitro groups is 1. The van der Waals surface area contributed by atoms with Crippen molar-refractivity contribution in [1.29, 1.82) is 0 Å². The molecule has 0 fully saturated rings. The highest BCUT2D eigenvalue weighted by molar-refractivity contribution is 6.04. The van der Waals surface area contributed by atoms with Crippen LogP contribution in [0.5, 0.6) is 5.75 Å². The quantitative estimate of drug-likeness (QED) is 0.659. The number of carbonyl (C=O) groups excluding carboxylic acids is 2. The van der Waals surface area contributed by atoms with Gasteiger partial charge in [0.2, 0.25) is 5.91 Å². The topological polar surface area (TPSA) is 102 Å². The molecule has 8 nitrogen and oxygen atoms in total. The van der Waals surface area contributed by atoms with Crippen molar-refractivity contribution in [1.82, 2.24) is 0 Å². The first-order valence-electron chi connectivity index (χ1n) is 8.46. The Bertz CT molecular complexity index is 912. The predicted molar refractivity (Wildman–Crippen MR) is 100.0 cm³/mol. The minimum Gasteiger partial charge on any atom is -0.483 e. The van der Waals surface area contributed by atoms with Crippen LogP contribution in [0.2, 0.25) is 0 Å². The molecule has 2 aromatic carbocycles. The van der Waals surface area contributed by atoms with Gasteiger partial charge in [-0.25, -0.2) is 0 Å². The summed E-state index contributed by atoms with van der Waals surface area (Å²) < 4.78 is 5.57. The number of benzene rings is 2. The summed E-state index contributed by atoms with van der Waals surface area (Å²) in [6.07, 6.45) is 0.163. The SMILES string of the molecule is Cc1c(OCC(=O)N2c3ccccc3NC(=O)C[C@H]2C)cccc1[N+](=O)[O-]. The van der Waals surface area contributed by atoms with E-state index in [2.05, 4.69) is 5.32 Å². The molecular weight excluding hydrogens is 350 g/mol. The van der Waals surface area contributed by atoms with Crippen molar-refractivity contribution in [2.24, 2.45) is 0 Å². The van der Waals surface area contributed by atoms with E-state index in [-0.39, 0.29) is 42.3 Å². The van der Waals surface area contributed by atoms with Crippen molar-refractivity contribution in [3.8, 4) is 5.75 Å². The lowest BCUT2D eigenvalue weighted by molar-refractivity contribution is -0.385. The molecular formula is C19H19N3O5. The number of ether oxygens (including phenoxy) is 1. The summed E-state index contributed by atoms with van der Waals surface area (Å²) >= 11 is 0. The van der Waals surface area contributed by atoms with E-state index in [1.54, 1.807) is 44.2 Å². The van der Waals surface area contributed by atoms with Crippen LogP contribution in [0.25, 0.3) is 0 Å². The van der Waals surface area contributed by atoms with Gasteiger partial charge in [0.05, 0.1) is 21.9 Å². The fourth-order valence-electron chi connectivity index (χ4n) is 3.13. The van der Waals surface area contributed by atoms with Crippen molar-refractivity contribution in [3.05, 3.63) is 58.1 Å². The van der Waals surface area contributed by atoms with E-state index in [1.165, 1.54) is 17.0 Å². The van der Waals surface area contributed by atoms with Gasteiger partial charge in [-0.05, 0) is 32.0 Å². The molecule has 0 saturated heterocycles. The van der Waals surface area contributed by atoms with Gasteiger partial charge < -0.3 is 15.0 Å². The third-order valence-corrected chi connectivity index (χ3v) is 4.43. The molecule has 0 saturated carbocycles. The van der Waals surface area contributed by atoms with Crippen LogP contribution in [0, 0.1) is 17.0 Å². The number of para-hydroxylation sites is 2. The summed E-state index contributed by atoms with van der Waals surface area (Å²) in [4.78, 5) is 36.9. The third-order valence-electron chi connectivity index (χ3n) is 4.43. The van der Waals surface area contributed by atoms with Crippen LogP contribution in [0.1, 0.15) is 18.9 Å². The zero-order valence-electron chi connectivity index (χ0n) is 15.0. The summed E-state index contributed by atoms with van der Waals surface area (Å²) in [6, 6.07) is 11.2. The zero-order valence-corrected chi connectivity index (χ0v) is 15.0. The monoisotopic (exact) mass is 369 g/mol. The smallest absolute Gasteiger partial charge is 0.276 e. The summed E-state index contributed by atoms with van der Waals surface area (Å²) in [5, 5.41) is 13.8. The molecule has 0 aromatic heterocycles. The lowest BCUT2D eigenvalue weighted by Crippen LogP contribution is -2.41. The van der Waals surface area contributed by atoms with Crippen LogP contribution < -0.4 is 15.0 Å². The Morgan fingerprint density at radius 2 is 2.04 bits per heavy atom. The van der Waals surface area contributed by atoms with Gasteiger partial charge in [-0.3, -0.25) is 19.7 Å². The second kappa shape index (κ2) is 7.45. The first-order valence-corrected chi connectivity index (χ1v) is 8.46. The molecule has 1 heterocycles. The maximum atomic E-state index is 12.9. The summed E-state index contributed by atoms with van der Waals surface area (Å²) in [6.45, 7) is 3.07. The number of carbonyl (C=O) groups is 2. The van der Waals surface area contributed by atoms with Crippen LogP contribution >= 0.6 is 0 Å². The van der Waals surface area contributed by atoms with Gasteiger partial charge in [-0.2, -0.15) is 0 Å². The number of rotatable bonds is 4. The molecule has 0 bridgehead atoms. The lowest BCUT2D eigenvalue weighted by atomic mass is 10.1. The highest BCUT2D eigenvalue weighted by Crippen LogP contribution is 2.32. The van der Waals surface area contributed by atoms with E-state index in [1.807, 2.05) is 0 Å². The average Bonchev–Trinajstić information content (AvgIpc) is 2.74. The lowest BCUT2D eigenvalue weighted by Gasteiger charge is -2.27. The van der Waals surface area contributed by atoms with Crippen molar-refractivity contribution < 1.29 is 19.2 Å². The maximum absolute atomic E-state index is 12.9. The Hall–Kier alpha value is -3.42. The molecule has 1 atom stereocenters. The van der Waals surface area contributed by atoms with Gasteiger partial charge in [0.25, 0.3) is 11.6 Å². The van der Waals surface area contributed by atoms with Crippen LogP contribution in [-0.2, 0) is 9.59 Å². The third kappa shape index (κ3) is 3.74. The Balaban J connectivity index is 1.83. The molecule has 2 aromatic rings. The molecule has 3 rings (SSSR count). The van der Waals surface area contributed by atoms with Crippen molar-refractivity contribution in [2.75, 3.05) is 16.8 Å². The van der Waals surface area contributed by atoms with Crippen LogP contribution in [0.15, 0.2) is 42.5 Å². The number of nitrogens with zero attached hydrogens (tertiary/aromatic N) is 2. The fraction of sp³-hybridized carbons (Fsp3) is 0.263. The number of hydrogen-bond donors (Lipinski definition) is 1. The Morgan fingerprint density at radius 1 is 1.30 bits per heavy atom. The largest absolute Gasteiger partial charge is 0.483 e. The van der Waals surface area contributed by atoms with E-state index < -0.39 is 4.92 Å². The van der Waals surface area contributed by atoms with E-state index in [9.17, 15) is 19.7 Å². The molecule has 0 spiro atoms. The van der Waals surface area contributed by atoms with Crippen LogP contribution in [0.3, 0.4) is 0 Å². The number of nitro benzene ring substituents is 1. The number of hydrogen-bond acceptors (Lipinski definition) is 5. The Morgan fingerprint density at radius 3 is 2.78 bits per heavy atom. The van der Waals surface area contributed by atoms with Crippen LogP contribution in [-0.4, -0.2) is 29.4 Å². The molecule has 2 amide bonds. The van der Waals surface area contributed by atoms with Gasteiger partial charge in [0.1, 0.15) is 5.75 Å². The second-order valence-electron chi connectivity index (χ2n) is 6.33. The van der Waals surface area contributed by atoms with Crippen molar-refractivity contribution >= 4 is 28.9 Å². The van der Waals surface area contributed by atoms with E-state index in [0.717, 1.165) is 0 Å². The molecule has 1 aliphatic rings. The minimum absolute atomic E-state index is 0.0665. The summed E-state index contributed by atoms with van der Waals surface area (Å²) in [5.74, 6) is -0.222. The zero-order chi connectivity index (χ0) is 19.6. The molecule has 8 heteroatoms. The van der Waals surface area contributed by atoms with E-state index >= 15 is 0 Å².